The van der Waals surface area contributed by atoms with Gasteiger partial charge in [0.25, 0.3) is 0 Å². The Hall–Kier alpha value is -0.340. The van der Waals surface area contributed by atoms with Gasteiger partial charge in [0, 0.05) is 5.56 Å². The van der Waals surface area contributed by atoms with Gasteiger partial charge in [-0.2, -0.15) is 0 Å². The molecule has 1 N–H and O–H groups in total. The zero-order chi connectivity index (χ0) is 16.2. The number of benzene rings is 1. The minimum absolute atomic E-state index is 0.0982. The standard InChI is InChI=1S/C14H8Cl3IN2OS/c1-4-6(5(2)10(16)11(21)9(4)15)7-8-12(17)19-3-20-14(8)22-13(7)18/h3,21H,1-2H3. The molecule has 3 nitrogen and oxygen atoms in total. The zero-order valence-electron chi connectivity index (χ0n) is 11.3. The first-order valence-corrected chi connectivity index (χ1v) is 9.13. The van der Waals surface area contributed by atoms with Gasteiger partial charge in [0.1, 0.15) is 16.3 Å². The summed E-state index contributed by atoms with van der Waals surface area (Å²) < 4.78 is 1.01. The summed E-state index contributed by atoms with van der Waals surface area (Å²) in [5.74, 6) is -0.0982. The second kappa shape index (κ2) is 5.94. The highest BCUT2D eigenvalue weighted by atomic mass is 127. The zero-order valence-corrected chi connectivity index (χ0v) is 16.6. The van der Waals surface area contributed by atoms with E-state index in [4.69, 9.17) is 34.8 Å². The van der Waals surface area contributed by atoms with Crippen LogP contribution in [0.2, 0.25) is 15.2 Å². The summed E-state index contributed by atoms with van der Waals surface area (Å²) in [7, 11) is 0. The van der Waals surface area contributed by atoms with Gasteiger partial charge in [-0.1, -0.05) is 34.8 Å². The fourth-order valence-corrected chi connectivity index (χ4v) is 5.17. The lowest BCUT2D eigenvalue weighted by atomic mass is 9.95. The van der Waals surface area contributed by atoms with Gasteiger partial charge in [-0.25, -0.2) is 9.97 Å². The van der Waals surface area contributed by atoms with Crippen molar-refractivity contribution in [1.82, 2.24) is 9.97 Å². The van der Waals surface area contributed by atoms with Gasteiger partial charge in [0.2, 0.25) is 0 Å². The van der Waals surface area contributed by atoms with E-state index >= 15 is 0 Å². The van der Waals surface area contributed by atoms with Crippen molar-refractivity contribution in [3.63, 3.8) is 0 Å². The molecule has 0 aliphatic heterocycles. The number of hydrogen-bond donors (Lipinski definition) is 1. The molecule has 3 rings (SSSR count). The van der Waals surface area contributed by atoms with E-state index in [0.29, 0.717) is 5.15 Å². The van der Waals surface area contributed by atoms with Crippen LogP contribution in [0.1, 0.15) is 11.1 Å². The molecule has 0 unspecified atom stereocenters. The molecule has 0 atom stereocenters. The first-order chi connectivity index (χ1) is 10.3. The number of phenols is 1. The fourth-order valence-electron chi connectivity index (χ4n) is 2.42. The lowest BCUT2D eigenvalue weighted by Crippen LogP contribution is -1.93. The Balaban J connectivity index is 2.51. The molecule has 0 fully saturated rings. The van der Waals surface area contributed by atoms with Crippen LogP contribution in [0.4, 0.5) is 0 Å². The van der Waals surface area contributed by atoms with Crippen LogP contribution < -0.4 is 0 Å². The largest absolute Gasteiger partial charge is 0.505 e. The number of thiophene rings is 1. The number of halogens is 4. The molecule has 1 aromatic carbocycles. The van der Waals surface area contributed by atoms with E-state index in [2.05, 4.69) is 32.6 Å². The third-order valence-electron chi connectivity index (χ3n) is 3.47. The van der Waals surface area contributed by atoms with Crippen LogP contribution in [0.25, 0.3) is 21.3 Å². The minimum atomic E-state index is -0.0982. The molecule has 0 saturated carbocycles. The molecule has 0 aliphatic carbocycles. The third kappa shape index (κ3) is 2.38. The van der Waals surface area contributed by atoms with E-state index < -0.39 is 0 Å². The number of aromatic hydroxyl groups is 1. The second-order valence-corrected chi connectivity index (χ2v) is 8.62. The maximum Gasteiger partial charge on any atom is 0.153 e. The SMILES string of the molecule is Cc1c(Cl)c(O)c(Cl)c(C)c1-c1c(I)sc2ncnc(Cl)c12. The Labute approximate surface area is 159 Å². The predicted molar refractivity (Wildman–Crippen MR) is 102 cm³/mol. The summed E-state index contributed by atoms with van der Waals surface area (Å²) in [6, 6.07) is 0. The summed E-state index contributed by atoms with van der Waals surface area (Å²) in [6.45, 7) is 3.69. The first kappa shape index (κ1) is 16.5. The quantitative estimate of drug-likeness (QED) is 0.328. The topological polar surface area (TPSA) is 46.0 Å². The van der Waals surface area contributed by atoms with Crippen molar-refractivity contribution in [2.75, 3.05) is 0 Å². The summed E-state index contributed by atoms with van der Waals surface area (Å²) in [4.78, 5) is 9.15. The van der Waals surface area contributed by atoms with Gasteiger partial charge in [-0.05, 0) is 53.1 Å². The van der Waals surface area contributed by atoms with Crippen molar-refractivity contribution >= 4 is 78.9 Å². The second-order valence-electron chi connectivity index (χ2n) is 4.70. The first-order valence-electron chi connectivity index (χ1n) is 6.10. The van der Waals surface area contributed by atoms with E-state index in [1.54, 1.807) is 0 Å². The van der Waals surface area contributed by atoms with Crippen molar-refractivity contribution in [2.45, 2.75) is 13.8 Å². The van der Waals surface area contributed by atoms with Crippen molar-refractivity contribution in [3.8, 4) is 16.9 Å². The molecule has 22 heavy (non-hydrogen) atoms. The Kier molecular flexibility index (Phi) is 4.46. The van der Waals surface area contributed by atoms with Crippen LogP contribution in [0, 0.1) is 16.7 Å². The predicted octanol–water partition coefficient (Wildman–Crippen LogP) is 6.25. The number of nitrogens with zero attached hydrogens (tertiary/aromatic N) is 2. The molecule has 0 amide bonds. The molecule has 8 heteroatoms. The van der Waals surface area contributed by atoms with Crippen molar-refractivity contribution in [3.05, 3.63) is 35.5 Å². The normalized spacial score (nSPS) is 11.4. The van der Waals surface area contributed by atoms with Crippen LogP contribution >= 0.6 is 68.7 Å². The monoisotopic (exact) mass is 484 g/mol. The molecule has 0 aliphatic rings. The highest BCUT2D eigenvalue weighted by Crippen LogP contribution is 2.49. The molecule has 3 aromatic rings. The Morgan fingerprint density at radius 2 is 1.64 bits per heavy atom. The summed E-state index contributed by atoms with van der Waals surface area (Å²) in [5, 5.41) is 11.7. The minimum Gasteiger partial charge on any atom is -0.505 e. The summed E-state index contributed by atoms with van der Waals surface area (Å²) in [5.41, 5.74) is 3.27. The fraction of sp³-hybridized carbons (Fsp3) is 0.143. The molecular formula is C14H8Cl3IN2OS. The molecule has 0 saturated heterocycles. The maximum absolute atomic E-state index is 10.0. The average Bonchev–Trinajstić information content (AvgIpc) is 2.81. The number of aromatic nitrogens is 2. The van der Waals surface area contributed by atoms with Gasteiger partial charge >= 0.3 is 0 Å². The number of rotatable bonds is 1. The van der Waals surface area contributed by atoms with Crippen molar-refractivity contribution in [2.24, 2.45) is 0 Å². The summed E-state index contributed by atoms with van der Waals surface area (Å²) >= 11 is 22.5. The molecule has 2 heterocycles. The lowest BCUT2D eigenvalue weighted by Gasteiger charge is -2.15. The Bertz CT molecular complexity index is 897. The lowest BCUT2D eigenvalue weighted by molar-refractivity contribution is 0.475. The molecule has 0 bridgehead atoms. The highest BCUT2D eigenvalue weighted by molar-refractivity contribution is 14.1. The number of phenolic OH excluding ortho intramolecular Hbond substituents is 1. The molecule has 0 radical (unpaired) electrons. The number of fused-ring (bicyclic) bond motifs is 1. The van der Waals surface area contributed by atoms with Crippen LogP contribution in [-0.2, 0) is 0 Å². The third-order valence-corrected chi connectivity index (χ3v) is 6.77. The van der Waals surface area contributed by atoms with Gasteiger partial charge in [0.05, 0.1) is 18.3 Å². The van der Waals surface area contributed by atoms with Crippen LogP contribution in [0.15, 0.2) is 6.33 Å². The molecular weight excluding hydrogens is 477 g/mol. The van der Waals surface area contributed by atoms with E-state index in [1.165, 1.54) is 17.7 Å². The summed E-state index contributed by atoms with van der Waals surface area (Å²) in [6.07, 6.45) is 1.44. The van der Waals surface area contributed by atoms with Gasteiger partial charge < -0.3 is 5.11 Å². The van der Waals surface area contributed by atoms with Crippen molar-refractivity contribution in [1.29, 1.82) is 0 Å². The van der Waals surface area contributed by atoms with E-state index in [1.807, 2.05) is 13.8 Å². The van der Waals surface area contributed by atoms with E-state index in [9.17, 15) is 5.11 Å². The highest BCUT2D eigenvalue weighted by Gasteiger charge is 2.24. The van der Waals surface area contributed by atoms with Crippen LogP contribution in [0.3, 0.4) is 0 Å². The molecule has 0 spiro atoms. The van der Waals surface area contributed by atoms with Crippen LogP contribution in [-0.4, -0.2) is 15.1 Å². The van der Waals surface area contributed by atoms with E-state index in [-0.39, 0.29) is 15.8 Å². The van der Waals surface area contributed by atoms with E-state index in [0.717, 1.165) is 35.4 Å². The Morgan fingerprint density at radius 1 is 1.05 bits per heavy atom. The van der Waals surface area contributed by atoms with Crippen molar-refractivity contribution < 1.29 is 5.11 Å². The van der Waals surface area contributed by atoms with Gasteiger partial charge in [-0.3, -0.25) is 0 Å². The van der Waals surface area contributed by atoms with Crippen LogP contribution in [0.5, 0.6) is 5.75 Å². The molecule has 2 aromatic heterocycles. The smallest absolute Gasteiger partial charge is 0.153 e. The average molecular weight is 486 g/mol. The maximum atomic E-state index is 10.0. The Morgan fingerprint density at radius 3 is 2.23 bits per heavy atom. The van der Waals surface area contributed by atoms with Gasteiger partial charge in [0.15, 0.2) is 5.75 Å². The molecule has 114 valence electrons. The van der Waals surface area contributed by atoms with Gasteiger partial charge in [-0.15, -0.1) is 11.3 Å². The number of hydrogen-bond acceptors (Lipinski definition) is 4.